The summed E-state index contributed by atoms with van der Waals surface area (Å²) in [5.74, 6) is -2.01. The predicted molar refractivity (Wildman–Crippen MR) is 81.0 cm³/mol. The number of rotatable bonds is 6. The molecule has 0 aromatic heterocycles. The van der Waals surface area contributed by atoms with Gasteiger partial charge in [-0.15, -0.1) is 0 Å². The highest BCUT2D eigenvalue weighted by Crippen LogP contribution is 2.15. The number of nitrogens with one attached hydrogen (secondary N) is 1. The summed E-state index contributed by atoms with van der Waals surface area (Å²) in [4.78, 5) is 24.2. The lowest BCUT2D eigenvalue weighted by Crippen LogP contribution is -2.44. The van der Waals surface area contributed by atoms with E-state index >= 15 is 0 Å². The fourth-order valence-electron chi connectivity index (χ4n) is 1.76. The zero-order chi connectivity index (χ0) is 17.1. The Balaban J connectivity index is 3.16. The number of carbonyl (C=O) groups is 2. The summed E-state index contributed by atoms with van der Waals surface area (Å²) in [6, 6.07) is 4.24. The van der Waals surface area contributed by atoms with E-state index in [1.807, 2.05) is 0 Å². The number of amides is 1. The minimum Gasteiger partial charge on any atom is -0.480 e. The molecule has 7 nitrogen and oxygen atoms in total. The maximum Gasteiger partial charge on any atom is 0.322 e. The van der Waals surface area contributed by atoms with Crippen LogP contribution in [0, 0.1) is 5.92 Å². The smallest absolute Gasteiger partial charge is 0.322 e. The van der Waals surface area contributed by atoms with Crippen molar-refractivity contribution >= 4 is 21.9 Å². The minimum atomic E-state index is -4.03. The molecule has 0 saturated carbocycles. The maximum atomic E-state index is 12.3. The Morgan fingerprint density at radius 3 is 2.27 bits per heavy atom. The Kier molecular flexibility index (Phi) is 5.67. The van der Waals surface area contributed by atoms with E-state index in [9.17, 15) is 18.0 Å². The summed E-state index contributed by atoms with van der Waals surface area (Å²) in [6.07, 6.45) is 0. The van der Waals surface area contributed by atoms with Crippen LogP contribution in [0.2, 0.25) is 0 Å². The van der Waals surface area contributed by atoms with Crippen molar-refractivity contribution in [2.24, 2.45) is 5.92 Å². The van der Waals surface area contributed by atoms with Crippen LogP contribution in [0.25, 0.3) is 0 Å². The predicted octanol–water partition coefficient (Wildman–Crippen LogP) is 0.776. The molecule has 0 aliphatic carbocycles. The highest BCUT2D eigenvalue weighted by atomic mass is 32.2. The molecule has 0 radical (unpaired) electrons. The van der Waals surface area contributed by atoms with Crippen molar-refractivity contribution in [2.75, 3.05) is 14.1 Å². The molecule has 0 heterocycles. The van der Waals surface area contributed by atoms with E-state index in [1.165, 1.54) is 29.2 Å². The first-order valence-electron chi connectivity index (χ1n) is 6.63. The standard InChI is InChI=1S/C14H20N2O5S/c1-9(2)12(14(18)19)15-22(20,21)11-7-5-6-10(8-11)13(17)16(3)4/h5-9,12,15H,1-4H3,(H,18,19)/t12-/m0/s1. The summed E-state index contributed by atoms with van der Waals surface area (Å²) in [5, 5.41) is 9.08. The zero-order valence-corrected chi connectivity index (χ0v) is 13.7. The molecular formula is C14H20N2O5S. The maximum absolute atomic E-state index is 12.3. The summed E-state index contributed by atoms with van der Waals surface area (Å²) in [7, 11) is -0.920. The topological polar surface area (TPSA) is 104 Å². The van der Waals surface area contributed by atoms with E-state index in [4.69, 9.17) is 5.11 Å². The van der Waals surface area contributed by atoms with Gasteiger partial charge in [-0.1, -0.05) is 19.9 Å². The number of carboxylic acids is 1. The molecule has 22 heavy (non-hydrogen) atoms. The second-order valence-electron chi connectivity index (χ2n) is 5.41. The molecule has 0 aliphatic heterocycles. The quantitative estimate of drug-likeness (QED) is 0.803. The van der Waals surface area contributed by atoms with Gasteiger partial charge in [0, 0.05) is 19.7 Å². The SMILES string of the molecule is CC(C)[C@H](NS(=O)(=O)c1cccc(C(=O)N(C)C)c1)C(=O)O. The lowest BCUT2D eigenvalue weighted by molar-refractivity contribution is -0.140. The van der Waals surface area contributed by atoms with Crippen molar-refractivity contribution in [2.45, 2.75) is 24.8 Å². The molecule has 0 unspecified atom stereocenters. The average molecular weight is 328 g/mol. The van der Waals surface area contributed by atoms with Gasteiger partial charge < -0.3 is 10.0 Å². The summed E-state index contributed by atoms with van der Waals surface area (Å²) in [6.45, 7) is 3.21. The van der Waals surface area contributed by atoms with E-state index in [0.29, 0.717) is 0 Å². The molecule has 0 spiro atoms. The molecule has 0 fully saturated rings. The van der Waals surface area contributed by atoms with Gasteiger partial charge in [-0.2, -0.15) is 4.72 Å². The number of benzene rings is 1. The Bertz CT molecular complexity index is 668. The lowest BCUT2D eigenvalue weighted by atomic mass is 10.1. The Morgan fingerprint density at radius 1 is 1.23 bits per heavy atom. The summed E-state index contributed by atoms with van der Waals surface area (Å²) < 4.78 is 26.7. The molecular weight excluding hydrogens is 308 g/mol. The van der Waals surface area contributed by atoms with Crippen LogP contribution in [-0.4, -0.2) is 50.4 Å². The number of aliphatic carboxylic acids is 1. The lowest BCUT2D eigenvalue weighted by Gasteiger charge is -2.18. The van der Waals surface area contributed by atoms with Crippen molar-refractivity contribution in [3.63, 3.8) is 0 Å². The van der Waals surface area contributed by atoms with Gasteiger partial charge in [-0.3, -0.25) is 9.59 Å². The molecule has 1 aromatic carbocycles. The van der Waals surface area contributed by atoms with Gasteiger partial charge in [0.15, 0.2) is 0 Å². The monoisotopic (exact) mass is 328 g/mol. The van der Waals surface area contributed by atoms with Crippen LogP contribution in [0.3, 0.4) is 0 Å². The average Bonchev–Trinajstić information content (AvgIpc) is 2.43. The van der Waals surface area contributed by atoms with Gasteiger partial charge in [-0.05, 0) is 24.1 Å². The second kappa shape index (κ2) is 6.89. The fourth-order valence-corrected chi connectivity index (χ4v) is 3.14. The van der Waals surface area contributed by atoms with E-state index in [2.05, 4.69) is 4.72 Å². The molecule has 0 saturated heterocycles. The van der Waals surface area contributed by atoms with Gasteiger partial charge >= 0.3 is 5.97 Å². The molecule has 2 N–H and O–H groups in total. The largest absolute Gasteiger partial charge is 0.480 e. The Hall–Kier alpha value is -1.93. The molecule has 122 valence electrons. The third-order valence-corrected chi connectivity index (χ3v) is 4.45. The highest BCUT2D eigenvalue weighted by Gasteiger charge is 2.28. The van der Waals surface area contributed by atoms with Gasteiger partial charge in [0.2, 0.25) is 10.0 Å². The first-order chi connectivity index (χ1) is 10.1. The van der Waals surface area contributed by atoms with Crippen LogP contribution in [-0.2, 0) is 14.8 Å². The first-order valence-corrected chi connectivity index (χ1v) is 8.11. The number of sulfonamides is 1. The number of carboxylic acid groups (broad SMARTS) is 1. The van der Waals surface area contributed by atoms with Crippen LogP contribution in [0.1, 0.15) is 24.2 Å². The normalized spacial score (nSPS) is 13.0. The van der Waals surface area contributed by atoms with Crippen molar-refractivity contribution in [3.8, 4) is 0 Å². The Labute approximate surface area is 130 Å². The highest BCUT2D eigenvalue weighted by molar-refractivity contribution is 7.89. The Morgan fingerprint density at radius 2 is 1.82 bits per heavy atom. The van der Waals surface area contributed by atoms with Gasteiger partial charge in [0.1, 0.15) is 6.04 Å². The van der Waals surface area contributed by atoms with Crippen LogP contribution in [0.5, 0.6) is 0 Å². The molecule has 1 amide bonds. The zero-order valence-electron chi connectivity index (χ0n) is 12.9. The fraction of sp³-hybridized carbons (Fsp3) is 0.429. The van der Waals surface area contributed by atoms with Crippen LogP contribution >= 0.6 is 0 Å². The molecule has 8 heteroatoms. The van der Waals surface area contributed by atoms with Crippen molar-refractivity contribution in [1.82, 2.24) is 9.62 Å². The van der Waals surface area contributed by atoms with Crippen molar-refractivity contribution < 1.29 is 23.1 Å². The van der Waals surface area contributed by atoms with Gasteiger partial charge in [0.05, 0.1) is 4.90 Å². The van der Waals surface area contributed by atoms with E-state index in [0.717, 1.165) is 0 Å². The third kappa shape index (κ3) is 4.28. The molecule has 1 atom stereocenters. The first kappa shape index (κ1) is 18.1. The van der Waals surface area contributed by atoms with Gasteiger partial charge in [0.25, 0.3) is 5.91 Å². The second-order valence-corrected chi connectivity index (χ2v) is 7.12. The summed E-state index contributed by atoms with van der Waals surface area (Å²) >= 11 is 0. The number of carbonyl (C=O) groups excluding carboxylic acids is 1. The van der Waals surface area contributed by atoms with E-state index in [1.54, 1.807) is 27.9 Å². The van der Waals surface area contributed by atoms with Gasteiger partial charge in [-0.25, -0.2) is 8.42 Å². The molecule has 1 aromatic rings. The van der Waals surface area contributed by atoms with E-state index < -0.39 is 28.0 Å². The van der Waals surface area contributed by atoms with Crippen LogP contribution < -0.4 is 4.72 Å². The number of hydrogen-bond donors (Lipinski definition) is 2. The third-order valence-electron chi connectivity index (χ3n) is 3.01. The molecule has 1 rings (SSSR count). The number of nitrogens with zero attached hydrogens (tertiary/aromatic N) is 1. The minimum absolute atomic E-state index is 0.146. The number of hydrogen-bond acceptors (Lipinski definition) is 4. The van der Waals surface area contributed by atoms with Crippen LogP contribution in [0.15, 0.2) is 29.2 Å². The van der Waals surface area contributed by atoms with Crippen molar-refractivity contribution in [1.29, 1.82) is 0 Å². The molecule has 0 aliphatic rings. The summed E-state index contributed by atoms with van der Waals surface area (Å²) in [5.41, 5.74) is 0.212. The van der Waals surface area contributed by atoms with Crippen LogP contribution in [0.4, 0.5) is 0 Å². The van der Waals surface area contributed by atoms with E-state index in [-0.39, 0.29) is 16.4 Å². The van der Waals surface area contributed by atoms with Crippen molar-refractivity contribution in [3.05, 3.63) is 29.8 Å². The molecule has 0 bridgehead atoms.